The fraction of sp³-hybridized carbons (Fsp3) is 0.222. The molecule has 6 heteroatoms. The van der Waals surface area contributed by atoms with Gasteiger partial charge in [0.05, 0.1) is 24.9 Å². The number of hydrogen-bond donors (Lipinski definition) is 0. The summed E-state index contributed by atoms with van der Waals surface area (Å²) in [5, 5.41) is 3.64. The number of nitrogens with zero attached hydrogens (tertiary/aromatic N) is 3. The molecule has 0 unspecified atom stereocenters. The Morgan fingerprint density at radius 1 is 0.733 bits per heavy atom. The van der Waals surface area contributed by atoms with Crippen LogP contribution in [0.1, 0.15) is 50.0 Å². The average molecular weight is 998 g/mol. The maximum Gasteiger partial charge on any atom is 0.0798 e. The van der Waals surface area contributed by atoms with Gasteiger partial charge in [0.1, 0.15) is 0 Å². The molecule has 0 N–H and O–H groups in total. The molecule has 0 saturated carbocycles. The van der Waals surface area contributed by atoms with Crippen molar-refractivity contribution in [2.45, 2.75) is 74.5 Å². The summed E-state index contributed by atoms with van der Waals surface area (Å²) in [7, 11) is -1.67. The average Bonchev–Trinajstić information content (AvgIpc) is 3.78. The number of pyridine rings is 1. The first-order valence-corrected chi connectivity index (χ1v) is 24.8. The fourth-order valence-corrected chi connectivity index (χ4v) is 10.9. The minimum absolute atomic E-state index is 0. The maximum absolute atomic E-state index is 8.55. The summed E-state index contributed by atoms with van der Waals surface area (Å²) in [6, 6.07) is 47.2. The molecule has 0 fully saturated rings. The van der Waals surface area contributed by atoms with E-state index in [9.17, 15) is 0 Å². The Balaban J connectivity index is 0.000000215. The Kier molecular flexibility index (Phi) is 11.8. The van der Waals surface area contributed by atoms with Gasteiger partial charge < -0.3 is 9.55 Å². The number of thiophene rings is 1. The predicted molar refractivity (Wildman–Crippen MR) is 257 cm³/mol. The van der Waals surface area contributed by atoms with Crippen LogP contribution in [-0.2, 0) is 26.5 Å². The van der Waals surface area contributed by atoms with E-state index in [1.807, 2.05) is 61.7 Å². The molecular formula is C54H53IrN3SSi-2. The minimum Gasteiger partial charge on any atom is -0.333 e. The van der Waals surface area contributed by atoms with Crippen molar-refractivity contribution in [3.8, 4) is 39.5 Å². The molecule has 0 aliphatic heterocycles. The summed E-state index contributed by atoms with van der Waals surface area (Å²) in [6.07, 6.45) is 0.528. The second-order valence-electron chi connectivity index (χ2n) is 17.2. The number of fused-ring (bicyclic) bond motifs is 4. The molecule has 0 spiro atoms. The summed E-state index contributed by atoms with van der Waals surface area (Å²) in [4.78, 5) is 9.73. The molecule has 9 rings (SSSR count). The van der Waals surface area contributed by atoms with Crippen LogP contribution in [0.3, 0.4) is 0 Å². The van der Waals surface area contributed by atoms with E-state index < -0.39 is 14.4 Å². The van der Waals surface area contributed by atoms with E-state index in [0.717, 1.165) is 44.4 Å². The van der Waals surface area contributed by atoms with Gasteiger partial charge in [-0.1, -0.05) is 111 Å². The Morgan fingerprint density at radius 3 is 2.13 bits per heavy atom. The van der Waals surface area contributed by atoms with Crippen molar-refractivity contribution >= 4 is 55.8 Å². The largest absolute Gasteiger partial charge is 0.333 e. The second-order valence-corrected chi connectivity index (χ2v) is 23.3. The summed E-state index contributed by atoms with van der Waals surface area (Å²) >= 11 is 1.84. The fourth-order valence-electron chi connectivity index (χ4n) is 8.42. The quantitative estimate of drug-likeness (QED) is 0.118. The van der Waals surface area contributed by atoms with Gasteiger partial charge in [-0.2, -0.15) is 11.3 Å². The first-order chi connectivity index (χ1) is 29.0. The van der Waals surface area contributed by atoms with Crippen molar-refractivity contribution in [3.63, 3.8) is 0 Å². The normalized spacial score (nSPS) is 12.3. The van der Waals surface area contributed by atoms with E-state index >= 15 is 0 Å². The zero-order chi connectivity index (χ0) is 43.4. The molecule has 0 aliphatic rings. The van der Waals surface area contributed by atoms with Crippen molar-refractivity contribution in [1.29, 1.82) is 0 Å². The topological polar surface area (TPSA) is 30.7 Å². The molecule has 3 heterocycles. The van der Waals surface area contributed by atoms with Crippen LogP contribution in [-0.4, -0.2) is 22.6 Å². The smallest absolute Gasteiger partial charge is 0.0798 e. The van der Waals surface area contributed by atoms with Gasteiger partial charge in [0.2, 0.25) is 0 Å². The van der Waals surface area contributed by atoms with E-state index in [1.54, 1.807) is 0 Å². The molecule has 6 aromatic carbocycles. The van der Waals surface area contributed by atoms with Gasteiger partial charge in [-0.15, -0.1) is 59.7 Å². The third kappa shape index (κ3) is 8.62. The van der Waals surface area contributed by atoms with Crippen molar-refractivity contribution in [2.75, 3.05) is 0 Å². The van der Waals surface area contributed by atoms with Crippen LogP contribution in [0.2, 0.25) is 19.6 Å². The molecule has 0 aliphatic carbocycles. The van der Waals surface area contributed by atoms with Gasteiger partial charge in [0, 0.05) is 39.4 Å². The number of aromatic nitrogens is 3. The zero-order valence-corrected chi connectivity index (χ0v) is 40.4. The van der Waals surface area contributed by atoms with E-state index in [2.05, 4.69) is 161 Å². The van der Waals surface area contributed by atoms with Gasteiger partial charge in [0.25, 0.3) is 0 Å². The van der Waals surface area contributed by atoms with Crippen LogP contribution in [0.25, 0.3) is 70.7 Å². The first kappa shape index (κ1) is 40.4. The zero-order valence-electron chi connectivity index (χ0n) is 38.2. The molecule has 9 aromatic rings. The SMILES string of the molecule is Cc1cc(C)c(-n2c(-c3[c-]cc4sc5cc(-c6c(C)cccc6C)ccc5c4c3)nc3ccccc32)c(C)c1.[2H]C([2H])(c1cc(-c2[c-]cccc2)ncc1[Si](C)(C)C)C(C)C.[Ir]. The third-order valence-electron chi connectivity index (χ3n) is 11.0. The number of rotatable bonds is 7. The molecule has 0 amide bonds. The van der Waals surface area contributed by atoms with Crippen LogP contribution in [0, 0.1) is 52.7 Å². The number of aryl methyl sites for hydroxylation is 5. The van der Waals surface area contributed by atoms with Gasteiger partial charge in [0.15, 0.2) is 0 Å². The molecule has 3 nitrogen and oxygen atoms in total. The molecule has 0 atom stereocenters. The maximum atomic E-state index is 8.55. The van der Waals surface area contributed by atoms with Gasteiger partial charge >= 0.3 is 0 Å². The van der Waals surface area contributed by atoms with Gasteiger partial charge in [-0.3, -0.25) is 4.98 Å². The molecule has 0 saturated heterocycles. The standard InChI is InChI=1S/C36H29N2S.C18H24NSi.Ir/c1-21-17-24(4)35(25(5)18-21)38-31-12-7-6-11-30(31)37-36(38)27-14-16-32-29(19-27)28-15-13-26(20-33(28)39-32)34-22(2)9-8-10-23(34)3;1-14(2)11-16-12-17(15-9-7-6-8-10-15)19-13-18(16)20(3,4)5;/h6-13,15-20H,1-5H3;6-9,12-14H,11H2,1-5H3;/q2*-1;/i;11D2;. The first-order valence-electron chi connectivity index (χ1n) is 21.5. The molecule has 0 bridgehead atoms. The van der Waals surface area contributed by atoms with Crippen LogP contribution in [0.4, 0.5) is 0 Å². The molecule has 60 heavy (non-hydrogen) atoms. The number of imidazole rings is 1. The Bertz CT molecular complexity index is 3040. The summed E-state index contributed by atoms with van der Waals surface area (Å²) < 4.78 is 22.0. The Labute approximate surface area is 377 Å². The number of hydrogen-bond acceptors (Lipinski definition) is 3. The molecule has 3 aromatic heterocycles. The van der Waals surface area contributed by atoms with Crippen molar-refractivity contribution in [3.05, 3.63) is 167 Å². The van der Waals surface area contributed by atoms with Gasteiger partial charge in [-0.25, -0.2) is 0 Å². The summed E-state index contributed by atoms with van der Waals surface area (Å²) in [6.45, 7) is 21.5. The molecular weight excluding hydrogens is 943 g/mol. The Hall–Kier alpha value is -4.97. The third-order valence-corrected chi connectivity index (χ3v) is 14.1. The van der Waals surface area contributed by atoms with Crippen molar-refractivity contribution < 1.29 is 22.8 Å². The predicted octanol–water partition coefficient (Wildman–Crippen LogP) is 14.4. The van der Waals surface area contributed by atoms with Crippen LogP contribution in [0.5, 0.6) is 0 Å². The van der Waals surface area contributed by atoms with E-state index in [-0.39, 0.29) is 26.0 Å². The molecule has 305 valence electrons. The minimum atomic E-state index is -1.67. The summed E-state index contributed by atoms with van der Waals surface area (Å²) in [5.41, 5.74) is 15.8. The summed E-state index contributed by atoms with van der Waals surface area (Å²) in [5.74, 6) is 0.845. The van der Waals surface area contributed by atoms with Gasteiger partial charge in [-0.05, 0) is 119 Å². The van der Waals surface area contributed by atoms with Crippen LogP contribution < -0.4 is 5.19 Å². The molecule has 1 radical (unpaired) electrons. The van der Waals surface area contributed by atoms with Crippen LogP contribution in [0.15, 0.2) is 121 Å². The number of para-hydroxylation sites is 2. The monoisotopic (exact) mass is 998 g/mol. The van der Waals surface area contributed by atoms with Crippen LogP contribution >= 0.6 is 11.3 Å². The van der Waals surface area contributed by atoms with E-state index in [0.29, 0.717) is 0 Å². The second kappa shape index (κ2) is 17.6. The van der Waals surface area contributed by atoms with Crippen molar-refractivity contribution in [2.24, 2.45) is 5.92 Å². The van der Waals surface area contributed by atoms with E-state index in [4.69, 9.17) is 7.73 Å². The Morgan fingerprint density at radius 2 is 1.45 bits per heavy atom. The number of benzene rings is 6. The van der Waals surface area contributed by atoms with E-state index in [1.165, 1.54) is 64.8 Å². The van der Waals surface area contributed by atoms with Crippen molar-refractivity contribution in [1.82, 2.24) is 14.5 Å².